The van der Waals surface area contributed by atoms with Crippen molar-refractivity contribution in [2.75, 3.05) is 4.90 Å². The van der Waals surface area contributed by atoms with Crippen LogP contribution in [0.1, 0.15) is 9.67 Å². The molecule has 2 amide bonds. The van der Waals surface area contributed by atoms with Crippen molar-refractivity contribution >= 4 is 51.9 Å². The summed E-state index contributed by atoms with van der Waals surface area (Å²) in [6, 6.07) is 9.87. The highest BCUT2D eigenvalue weighted by Crippen LogP contribution is 2.37. The Labute approximate surface area is 145 Å². The Balaban J connectivity index is 1.70. The molecule has 0 aliphatic carbocycles. The van der Waals surface area contributed by atoms with Gasteiger partial charge in [-0.25, -0.2) is 4.90 Å². The zero-order valence-corrected chi connectivity index (χ0v) is 13.6. The SMILES string of the molecule is O=C(C1=NO[C@H]2C(=O)N(c3ccccc3Cl)C(=O)[C@H]12)c1cccs1. The number of nitrogens with zero attached hydrogens (tertiary/aromatic N) is 2. The van der Waals surface area contributed by atoms with Crippen molar-refractivity contribution in [2.45, 2.75) is 6.10 Å². The summed E-state index contributed by atoms with van der Waals surface area (Å²) in [7, 11) is 0. The molecule has 0 unspecified atom stereocenters. The summed E-state index contributed by atoms with van der Waals surface area (Å²) >= 11 is 7.33. The summed E-state index contributed by atoms with van der Waals surface area (Å²) in [4.78, 5) is 44.3. The fourth-order valence-corrected chi connectivity index (χ4v) is 3.66. The van der Waals surface area contributed by atoms with Gasteiger partial charge in [-0.15, -0.1) is 11.3 Å². The van der Waals surface area contributed by atoms with Gasteiger partial charge in [0.1, 0.15) is 11.6 Å². The molecule has 1 fully saturated rings. The fraction of sp³-hybridized carbons (Fsp3) is 0.125. The van der Waals surface area contributed by atoms with Gasteiger partial charge in [0.25, 0.3) is 5.91 Å². The number of anilines is 1. The second-order valence-electron chi connectivity index (χ2n) is 5.25. The van der Waals surface area contributed by atoms with Crippen LogP contribution in [0, 0.1) is 5.92 Å². The van der Waals surface area contributed by atoms with Crippen LogP contribution in [-0.4, -0.2) is 29.4 Å². The molecule has 0 N–H and O–H groups in total. The maximum Gasteiger partial charge on any atom is 0.279 e. The molecule has 0 saturated carbocycles. The number of imide groups is 1. The molecule has 120 valence electrons. The fourth-order valence-electron chi connectivity index (χ4n) is 2.77. The lowest BCUT2D eigenvalue weighted by atomic mass is 9.96. The largest absolute Gasteiger partial charge is 0.381 e. The second-order valence-corrected chi connectivity index (χ2v) is 6.60. The zero-order valence-electron chi connectivity index (χ0n) is 12.0. The predicted molar refractivity (Wildman–Crippen MR) is 88.4 cm³/mol. The average Bonchev–Trinajstić information content (AvgIpc) is 3.29. The minimum Gasteiger partial charge on any atom is -0.381 e. The lowest BCUT2D eigenvalue weighted by Crippen LogP contribution is -2.34. The molecule has 6 nitrogen and oxygen atoms in total. The first-order chi connectivity index (χ1) is 11.6. The Hall–Kier alpha value is -2.51. The number of fused-ring (bicyclic) bond motifs is 1. The minimum absolute atomic E-state index is 0.0460. The number of hydrogen-bond donors (Lipinski definition) is 0. The summed E-state index contributed by atoms with van der Waals surface area (Å²) < 4.78 is 0. The number of carbonyl (C=O) groups excluding carboxylic acids is 3. The summed E-state index contributed by atoms with van der Waals surface area (Å²) in [6.07, 6.45) is -1.12. The molecule has 24 heavy (non-hydrogen) atoms. The molecule has 1 aromatic heterocycles. The molecule has 2 aliphatic rings. The average molecular weight is 361 g/mol. The molecule has 1 saturated heterocycles. The van der Waals surface area contributed by atoms with Crippen molar-refractivity contribution in [2.24, 2.45) is 11.1 Å². The first-order valence-electron chi connectivity index (χ1n) is 7.04. The van der Waals surface area contributed by atoms with E-state index in [4.69, 9.17) is 16.4 Å². The third-order valence-electron chi connectivity index (χ3n) is 3.88. The Morgan fingerprint density at radius 1 is 1.17 bits per heavy atom. The summed E-state index contributed by atoms with van der Waals surface area (Å²) in [5.74, 6) is -2.57. The van der Waals surface area contributed by atoms with Crippen LogP contribution in [-0.2, 0) is 14.4 Å². The van der Waals surface area contributed by atoms with Gasteiger partial charge in [0, 0.05) is 0 Å². The number of thiophene rings is 1. The van der Waals surface area contributed by atoms with Crippen LogP contribution in [0.25, 0.3) is 0 Å². The van der Waals surface area contributed by atoms with E-state index in [1.165, 1.54) is 11.3 Å². The molecule has 2 atom stereocenters. The Morgan fingerprint density at radius 3 is 2.67 bits per heavy atom. The van der Waals surface area contributed by atoms with Crippen LogP contribution in [0.15, 0.2) is 46.9 Å². The molecule has 3 heterocycles. The van der Waals surface area contributed by atoms with Gasteiger partial charge in [0.15, 0.2) is 0 Å². The topological polar surface area (TPSA) is 76.0 Å². The number of benzene rings is 1. The first-order valence-corrected chi connectivity index (χ1v) is 8.29. The molecule has 1 aromatic carbocycles. The number of halogens is 1. The lowest BCUT2D eigenvalue weighted by Gasteiger charge is -2.16. The van der Waals surface area contributed by atoms with Crippen LogP contribution in [0.5, 0.6) is 0 Å². The molecule has 2 aliphatic heterocycles. The molecule has 8 heteroatoms. The predicted octanol–water partition coefficient (Wildman–Crippen LogP) is 2.53. The summed E-state index contributed by atoms with van der Waals surface area (Å²) in [6.45, 7) is 0. The van der Waals surface area contributed by atoms with Gasteiger partial charge in [-0.05, 0) is 23.6 Å². The summed E-state index contributed by atoms with van der Waals surface area (Å²) in [5, 5.41) is 5.71. The summed E-state index contributed by atoms with van der Waals surface area (Å²) in [5.41, 5.74) is 0.227. The van der Waals surface area contributed by atoms with Gasteiger partial charge >= 0.3 is 0 Å². The van der Waals surface area contributed by atoms with E-state index in [0.717, 1.165) is 4.90 Å². The van der Waals surface area contributed by atoms with E-state index in [2.05, 4.69) is 5.16 Å². The van der Waals surface area contributed by atoms with E-state index in [9.17, 15) is 14.4 Å². The van der Waals surface area contributed by atoms with Crippen molar-refractivity contribution in [3.8, 4) is 0 Å². The van der Waals surface area contributed by atoms with Gasteiger partial charge in [-0.3, -0.25) is 14.4 Å². The number of ketones is 1. The standard InChI is InChI=1S/C16H9ClN2O4S/c17-8-4-1-2-5-9(8)19-15(21)11-12(18-23-14(11)16(19)22)13(20)10-6-3-7-24-10/h1-7,11,14H/t11-,14-/m1/s1. The number of amides is 2. The van der Waals surface area contributed by atoms with Gasteiger partial charge in [0.05, 0.1) is 15.6 Å². The van der Waals surface area contributed by atoms with Crippen molar-refractivity contribution in [3.05, 3.63) is 51.7 Å². The quantitative estimate of drug-likeness (QED) is 0.622. The molecular weight excluding hydrogens is 352 g/mol. The molecule has 0 radical (unpaired) electrons. The molecule has 0 spiro atoms. The van der Waals surface area contributed by atoms with Crippen molar-refractivity contribution < 1.29 is 19.2 Å². The highest BCUT2D eigenvalue weighted by atomic mass is 35.5. The molecule has 0 bridgehead atoms. The van der Waals surface area contributed by atoms with E-state index in [1.54, 1.807) is 41.8 Å². The number of hydrogen-bond acceptors (Lipinski definition) is 6. The minimum atomic E-state index is -1.12. The second kappa shape index (κ2) is 5.54. The van der Waals surface area contributed by atoms with Crippen LogP contribution in [0.4, 0.5) is 5.69 Å². The number of carbonyl (C=O) groups is 3. The maximum absolute atomic E-state index is 12.8. The Morgan fingerprint density at radius 2 is 1.96 bits per heavy atom. The maximum atomic E-state index is 12.8. The third-order valence-corrected chi connectivity index (χ3v) is 5.07. The number of Topliss-reactive ketones (excluding diaryl/α,β-unsaturated/α-hetero) is 1. The van der Waals surface area contributed by atoms with Gasteiger partial charge < -0.3 is 4.84 Å². The highest BCUT2D eigenvalue weighted by Gasteiger charge is 2.57. The van der Waals surface area contributed by atoms with Gasteiger partial charge in [0.2, 0.25) is 17.8 Å². The monoisotopic (exact) mass is 360 g/mol. The van der Waals surface area contributed by atoms with Gasteiger partial charge in [-0.2, -0.15) is 0 Å². The van der Waals surface area contributed by atoms with Crippen LogP contribution >= 0.6 is 22.9 Å². The number of rotatable bonds is 3. The Kier molecular flexibility index (Phi) is 3.47. The van der Waals surface area contributed by atoms with E-state index >= 15 is 0 Å². The van der Waals surface area contributed by atoms with Crippen molar-refractivity contribution in [1.82, 2.24) is 0 Å². The molecule has 4 rings (SSSR count). The smallest absolute Gasteiger partial charge is 0.279 e. The number of oxime groups is 1. The van der Waals surface area contributed by atoms with Crippen molar-refractivity contribution in [3.63, 3.8) is 0 Å². The van der Waals surface area contributed by atoms with E-state index < -0.39 is 29.6 Å². The first kappa shape index (κ1) is 15.0. The lowest BCUT2D eigenvalue weighted by molar-refractivity contribution is -0.126. The number of para-hydroxylation sites is 1. The Bertz CT molecular complexity index is 893. The van der Waals surface area contributed by atoms with E-state index in [1.807, 2.05) is 0 Å². The molecule has 2 aromatic rings. The highest BCUT2D eigenvalue weighted by molar-refractivity contribution is 7.13. The molecular formula is C16H9ClN2O4S. The van der Waals surface area contributed by atoms with Gasteiger partial charge in [-0.1, -0.05) is 35.0 Å². The van der Waals surface area contributed by atoms with Crippen molar-refractivity contribution in [1.29, 1.82) is 0 Å². The van der Waals surface area contributed by atoms with E-state index in [-0.39, 0.29) is 16.4 Å². The van der Waals surface area contributed by atoms with E-state index in [0.29, 0.717) is 4.88 Å². The zero-order chi connectivity index (χ0) is 16.8. The third kappa shape index (κ3) is 2.09. The normalized spacial score (nSPS) is 22.4. The van der Waals surface area contributed by atoms with Crippen LogP contribution in [0.2, 0.25) is 5.02 Å². The van der Waals surface area contributed by atoms with Crippen LogP contribution in [0.3, 0.4) is 0 Å². The van der Waals surface area contributed by atoms with Crippen LogP contribution < -0.4 is 4.90 Å².